The molecule has 0 spiro atoms. The van der Waals surface area contributed by atoms with E-state index in [1.54, 1.807) is 31.2 Å². The summed E-state index contributed by atoms with van der Waals surface area (Å²) in [7, 11) is 0. The van der Waals surface area contributed by atoms with Crippen LogP contribution < -0.4 is 21.5 Å². The van der Waals surface area contributed by atoms with Crippen molar-refractivity contribution >= 4 is 34.4 Å². The average molecular weight is 433 g/mol. The number of hydrogen-bond acceptors (Lipinski definition) is 5. The van der Waals surface area contributed by atoms with Crippen LogP contribution in [0.2, 0.25) is 0 Å². The van der Waals surface area contributed by atoms with Gasteiger partial charge < -0.3 is 10.6 Å². The second-order valence-corrected chi connectivity index (χ2v) is 7.83. The average Bonchev–Trinajstić information content (AvgIpc) is 2.74. The van der Waals surface area contributed by atoms with Gasteiger partial charge in [0.15, 0.2) is 0 Å². The third kappa shape index (κ3) is 4.36. The van der Waals surface area contributed by atoms with Crippen molar-refractivity contribution in [3.63, 3.8) is 0 Å². The van der Waals surface area contributed by atoms with Crippen molar-refractivity contribution in [1.82, 2.24) is 20.2 Å². The number of fused-ring (bicyclic) bond motifs is 1. The highest BCUT2D eigenvalue weighted by Crippen LogP contribution is 2.20. The van der Waals surface area contributed by atoms with Crippen molar-refractivity contribution in [3.05, 3.63) is 69.8 Å². The van der Waals surface area contributed by atoms with Crippen LogP contribution in [0.4, 0.5) is 10.5 Å². The molecule has 1 aromatic heterocycles. The maximum absolute atomic E-state index is 13.2. The molecule has 0 aliphatic carbocycles. The number of benzene rings is 2. The maximum atomic E-state index is 13.2. The molecule has 0 radical (unpaired) electrons. The molecule has 0 unspecified atom stereocenters. The number of aryl methyl sites for hydroxylation is 2. The Labute approximate surface area is 183 Å². The zero-order valence-corrected chi connectivity index (χ0v) is 17.8. The van der Waals surface area contributed by atoms with Crippen molar-refractivity contribution in [3.8, 4) is 0 Å². The fourth-order valence-electron chi connectivity index (χ4n) is 3.84. The number of carbonyl (C=O) groups is 3. The first-order valence-electron chi connectivity index (χ1n) is 10.3. The molecule has 9 nitrogen and oxygen atoms in total. The Morgan fingerprint density at radius 2 is 1.97 bits per heavy atom. The Balaban J connectivity index is 1.55. The summed E-state index contributed by atoms with van der Waals surface area (Å²) in [5.41, 5.74) is 2.59. The molecule has 32 heavy (non-hydrogen) atoms. The van der Waals surface area contributed by atoms with Gasteiger partial charge >= 0.3 is 6.03 Å². The monoisotopic (exact) mass is 433 g/mol. The Kier molecular flexibility index (Phi) is 5.72. The summed E-state index contributed by atoms with van der Waals surface area (Å²) < 4.78 is 1.34. The molecule has 2 heterocycles. The molecule has 4 amide bonds. The van der Waals surface area contributed by atoms with E-state index in [1.165, 1.54) is 4.57 Å². The van der Waals surface area contributed by atoms with Crippen LogP contribution in [0.5, 0.6) is 0 Å². The van der Waals surface area contributed by atoms with Crippen molar-refractivity contribution in [2.24, 2.45) is 0 Å². The first-order valence-corrected chi connectivity index (χ1v) is 10.3. The van der Waals surface area contributed by atoms with E-state index in [2.05, 4.69) is 20.9 Å². The van der Waals surface area contributed by atoms with Gasteiger partial charge in [-0.05, 0) is 55.7 Å². The summed E-state index contributed by atoms with van der Waals surface area (Å²) in [4.78, 5) is 53.6. The Morgan fingerprint density at radius 3 is 2.72 bits per heavy atom. The molecule has 9 heteroatoms. The van der Waals surface area contributed by atoms with Crippen molar-refractivity contribution < 1.29 is 14.4 Å². The van der Waals surface area contributed by atoms with Crippen LogP contribution in [0.15, 0.2) is 47.3 Å². The molecule has 1 saturated heterocycles. The lowest BCUT2D eigenvalue weighted by molar-refractivity contribution is -0.135. The van der Waals surface area contributed by atoms with Crippen molar-refractivity contribution in [2.45, 2.75) is 39.3 Å². The lowest BCUT2D eigenvalue weighted by Gasteiger charge is -2.24. The van der Waals surface area contributed by atoms with Gasteiger partial charge in [0.1, 0.15) is 11.9 Å². The maximum Gasteiger partial charge on any atom is 0.319 e. The summed E-state index contributed by atoms with van der Waals surface area (Å²) in [6, 6.07) is 11.5. The van der Waals surface area contributed by atoms with E-state index in [1.807, 2.05) is 25.1 Å². The molecule has 2 aromatic carbocycles. The van der Waals surface area contributed by atoms with Crippen LogP contribution >= 0.6 is 0 Å². The number of urea groups is 1. The quantitative estimate of drug-likeness (QED) is 0.545. The van der Waals surface area contributed by atoms with E-state index < -0.39 is 11.9 Å². The van der Waals surface area contributed by atoms with Crippen LogP contribution in [0.1, 0.15) is 35.8 Å². The number of piperidine rings is 1. The molecule has 1 aliphatic heterocycles. The minimum Gasteiger partial charge on any atom is -0.334 e. The first kappa shape index (κ1) is 21.2. The van der Waals surface area contributed by atoms with Crippen LogP contribution in [-0.4, -0.2) is 27.4 Å². The van der Waals surface area contributed by atoms with Gasteiger partial charge in [-0.1, -0.05) is 18.2 Å². The topological polar surface area (TPSA) is 122 Å². The number of nitrogens with zero attached hydrogens (tertiary/aromatic N) is 2. The first-order chi connectivity index (χ1) is 15.3. The molecule has 1 aliphatic rings. The highest BCUT2D eigenvalue weighted by molar-refractivity contribution is 5.99. The van der Waals surface area contributed by atoms with Gasteiger partial charge in [-0.15, -0.1) is 0 Å². The summed E-state index contributed by atoms with van der Waals surface area (Å²) in [5, 5.41) is 8.16. The molecule has 164 valence electrons. The minimum absolute atomic E-state index is 0.167. The lowest BCUT2D eigenvalue weighted by Crippen LogP contribution is -2.45. The van der Waals surface area contributed by atoms with Gasteiger partial charge in [-0.2, -0.15) is 0 Å². The highest BCUT2D eigenvalue weighted by Gasteiger charge is 2.30. The van der Waals surface area contributed by atoms with Gasteiger partial charge in [0.05, 0.1) is 10.9 Å². The Morgan fingerprint density at radius 1 is 1.16 bits per heavy atom. The van der Waals surface area contributed by atoms with Gasteiger partial charge in [0.2, 0.25) is 11.8 Å². The molecule has 1 atom stereocenters. The number of rotatable bonds is 4. The molecule has 3 aromatic rings. The predicted molar refractivity (Wildman–Crippen MR) is 119 cm³/mol. The van der Waals surface area contributed by atoms with Gasteiger partial charge in [0, 0.05) is 18.7 Å². The third-order valence-corrected chi connectivity index (χ3v) is 5.39. The Bertz CT molecular complexity index is 1300. The van der Waals surface area contributed by atoms with E-state index in [9.17, 15) is 19.2 Å². The number of hydrogen-bond donors (Lipinski definition) is 3. The largest absolute Gasteiger partial charge is 0.334 e. The third-order valence-electron chi connectivity index (χ3n) is 5.39. The van der Waals surface area contributed by atoms with Crippen molar-refractivity contribution in [1.29, 1.82) is 0 Å². The second kappa shape index (κ2) is 8.62. The zero-order chi connectivity index (χ0) is 22.8. The molecule has 1 fully saturated rings. The summed E-state index contributed by atoms with van der Waals surface area (Å²) in [6.07, 6.45) is 0.416. The summed E-state index contributed by atoms with van der Waals surface area (Å²) in [6.45, 7) is 3.81. The minimum atomic E-state index is -0.779. The van der Waals surface area contributed by atoms with E-state index in [4.69, 9.17) is 0 Å². The van der Waals surface area contributed by atoms with E-state index in [0.29, 0.717) is 22.4 Å². The van der Waals surface area contributed by atoms with Gasteiger partial charge in [-0.3, -0.25) is 24.3 Å². The lowest BCUT2D eigenvalue weighted by atomic mass is 10.0. The van der Waals surface area contributed by atoms with Crippen molar-refractivity contribution in [2.75, 3.05) is 5.32 Å². The van der Waals surface area contributed by atoms with E-state index in [0.717, 1.165) is 11.1 Å². The number of nitrogens with one attached hydrogen (secondary N) is 3. The smallest absolute Gasteiger partial charge is 0.319 e. The molecule has 0 saturated carbocycles. The Hall–Kier alpha value is -4.01. The standard InChI is InChI=1S/C23H23N5O4/c1-13-4-3-5-16(10-13)26-23(32)24-12-15-6-7-18-17(11-15)22(31)28(14(2)25-18)19-8-9-20(29)27-21(19)30/h3-7,10-11,19H,8-9,12H2,1-2H3,(H2,24,26,32)(H,27,29,30)/t19-/m1/s1. The SMILES string of the molecule is Cc1cccc(NC(=O)NCc2ccc3nc(C)n([C@@H]4CCC(=O)NC4=O)c(=O)c3c2)c1. The summed E-state index contributed by atoms with van der Waals surface area (Å²) in [5.74, 6) is -0.443. The normalized spacial score (nSPS) is 16.0. The van der Waals surface area contributed by atoms with Crippen LogP contribution in [0.3, 0.4) is 0 Å². The fraction of sp³-hybridized carbons (Fsp3) is 0.261. The van der Waals surface area contributed by atoms with E-state index in [-0.39, 0.29) is 36.9 Å². The van der Waals surface area contributed by atoms with Gasteiger partial charge in [-0.25, -0.2) is 9.78 Å². The van der Waals surface area contributed by atoms with Gasteiger partial charge in [0.25, 0.3) is 5.56 Å². The molecular weight excluding hydrogens is 410 g/mol. The molecule has 3 N–H and O–H groups in total. The van der Waals surface area contributed by atoms with Crippen LogP contribution in [0.25, 0.3) is 10.9 Å². The number of amides is 4. The van der Waals surface area contributed by atoms with Crippen LogP contribution in [0, 0.1) is 13.8 Å². The zero-order valence-electron chi connectivity index (χ0n) is 17.8. The predicted octanol–water partition coefficient (Wildman–Crippen LogP) is 2.31. The number of carbonyl (C=O) groups excluding carboxylic acids is 3. The highest BCUT2D eigenvalue weighted by atomic mass is 16.2. The van der Waals surface area contributed by atoms with Crippen LogP contribution in [-0.2, 0) is 16.1 Å². The number of aromatic nitrogens is 2. The number of anilines is 1. The van der Waals surface area contributed by atoms with E-state index >= 15 is 0 Å². The second-order valence-electron chi connectivity index (χ2n) is 7.83. The summed E-state index contributed by atoms with van der Waals surface area (Å²) >= 11 is 0. The number of imide groups is 1. The molecular formula is C23H23N5O4. The fourth-order valence-corrected chi connectivity index (χ4v) is 3.84. The molecule has 0 bridgehead atoms. The molecule has 4 rings (SSSR count).